The first-order valence-electron chi connectivity index (χ1n) is 8.74. The number of benzene rings is 1. The van der Waals surface area contributed by atoms with Gasteiger partial charge in [0.2, 0.25) is 0 Å². The Morgan fingerprint density at radius 3 is 2.33 bits per heavy atom. The Hall–Kier alpha value is -1.90. The summed E-state index contributed by atoms with van der Waals surface area (Å²) >= 11 is 1.26. The predicted octanol–water partition coefficient (Wildman–Crippen LogP) is 2.97. The summed E-state index contributed by atoms with van der Waals surface area (Å²) in [4.78, 5) is 15.3. The van der Waals surface area contributed by atoms with Gasteiger partial charge in [0.25, 0.3) is 15.9 Å². The Kier molecular flexibility index (Phi) is 5.60. The number of amides is 1. The molecule has 0 aliphatic carbocycles. The normalized spacial score (nSPS) is 15.0. The summed E-state index contributed by atoms with van der Waals surface area (Å²) in [6, 6.07) is 5.41. The van der Waals surface area contributed by atoms with E-state index in [1.165, 1.54) is 22.7 Å². The molecular formula is C19H24N2O4S2. The van der Waals surface area contributed by atoms with Gasteiger partial charge in [0.1, 0.15) is 4.88 Å². The molecule has 6 nitrogen and oxygen atoms in total. The van der Waals surface area contributed by atoms with Crippen LogP contribution in [0.2, 0.25) is 0 Å². The van der Waals surface area contributed by atoms with Gasteiger partial charge < -0.3 is 9.64 Å². The molecule has 1 aliphatic heterocycles. The monoisotopic (exact) mass is 408 g/mol. The van der Waals surface area contributed by atoms with Crippen LogP contribution < -0.4 is 4.31 Å². The number of morpholine rings is 1. The zero-order valence-corrected chi connectivity index (χ0v) is 17.6. The Labute approximate surface area is 164 Å². The molecular weight excluding hydrogens is 384 g/mol. The first-order chi connectivity index (χ1) is 12.7. The lowest BCUT2D eigenvalue weighted by atomic mass is 10.1. The number of anilines is 1. The molecule has 0 spiro atoms. The highest BCUT2D eigenvalue weighted by atomic mass is 32.2. The minimum atomic E-state index is -3.78. The summed E-state index contributed by atoms with van der Waals surface area (Å²) in [5.74, 6) is -0.150. The fourth-order valence-electron chi connectivity index (χ4n) is 3.46. The number of carbonyl (C=O) groups is 1. The number of carbonyl (C=O) groups excluding carboxylic acids is 1. The summed E-state index contributed by atoms with van der Waals surface area (Å²) in [5.41, 5.74) is 2.84. The van der Waals surface area contributed by atoms with Crippen LogP contribution in [0.4, 0.5) is 5.69 Å². The number of hydrogen-bond donors (Lipinski definition) is 0. The zero-order valence-electron chi connectivity index (χ0n) is 16.0. The van der Waals surface area contributed by atoms with E-state index in [-0.39, 0.29) is 5.91 Å². The number of rotatable bonds is 4. The van der Waals surface area contributed by atoms with E-state index >= 15 is 0 Å². The van der Waals surface area contributed by atoms with Crippen LogP contribution in [0.5, 0.6) is 0 Å². The van der Waals surface area contributed by atoms with Gasteiger partial charge in [-0.2, -0.15) is 0 Å². The average molecular weight is 409 g/mol. The first-order valence-corrected chi connectivity index (χ1v) is 11.1. The van der Waals surface area contributed by atoms with Gasteiger partial charge in [-0.3, -0.25) is 9.10 Å². The summed E-state index contributed by atoms with van der Waals surface area (Å²) < 4.78 is 33.2. The lowest BCUT2D eigenvalue weighted by molar-refractivity contribution is 0.0306. The topological polar surface area (TPSA) is 66.9 Å². The van der Waals surface area contributed by atoms with Crippen LogP contribution in [-0.2, 0) is 14.8 Å². The molecule has 1 aromatic heterocycles. The van der Waals surface area contributed by atoms with Gasteiger partial charge in [0, 0.05) is 20.1 Å². The minimum Gasteiger partial charge on any atom is -0.378 e. The molecule has 27 heavy (non-hydrogen) atoms. The predicted molar refractivity (Wildman–Crippen MR) is 107 cm³/mol. The Balaban J connectivity index is 1.98. The van der Waals surface area contributed by atoms with Crippen LogP contribution in [0, 0.1) is 20.8 Å². The van der Waals surface area contributed by atoms with E-state index in [0.29, 0.717) is 52.9 Å². The third-order valence-corrected chi connectivity index (χ3v) is 7.67. The molecule has 0 N–H and O–H groups in total. The van der Waals surface area contributed by atoms with Crippen molar-refractivity contribution in [2.45, 2.75) is 25.7 Å². The molecule has 1 amide bonds. The lowest BCUT2D eigenvalue weighted by Crippen LogP contribution is -2.41. The van der Waals surface area contributed by atoms with Crippen LogP contribution in [-0.4, -0.2) is 52.6 Å². The lowest BCUT2D eigenvalue weighted by Gasteiger charge is -2.28. The smallest absolute Gasteiger partial charge is 0.266 e. The van der Waals surface area contributed by atoms with Gasteiger partial charge in [-0.15, -0.1) is 11.3 Å². The van der Waals surface area contributed by atoms with Crippen LogP contribution in [0.3, 0.4) is 0 Å². The fourth-order valence-corrected chi connectivity index (χ4v) is 6.02. The van der Waals surface area contributed by atoms with Crippen molar-refractivity contribution in [2.24, 2.45) is 0 Å². The third kappa shape index (κ3) is 3.74. The summed E-state index contributed by atoms with van der Waals surface area (Å²) in [5, 5.41) is 1.75. The molecule has 2 aromatic rings. The van der Waals surface area contributed by atoms with E-state index in [9.17, 15) is 13.2 Å². The molecule has 0 unspecified atom stereocenters. The largest absolute Gasteiger partial charge is 0.378 e. The number of nitrogens with zero attached hydrogens (tertiary/aromatic N) is 2. The van der Waals surface area contributed by atoms with Crippen molar-refractivity contribution in [3.63, 3.8) is 0 Å². The van der Waals surface area contributed by atoms with Gasteiger partial charge in [-0.05, 0) is 43.3 Å². The molecule has 1 aromatic carbocycles. The van der Waals surface area contributed by atoms with Gasteiger partial charge in [0.05, 0.1) is 23.8 Å². The van der Waals surface area contributed by atoms with Crippen molar-refractivity contribution in [1.82, 2.24) is 4.90 Å². The molecule has 0 radical (unpaired) electrons. The van der Waals surface area contributed by atoms with Crippen LogP contribution in [0.15, 0.2) is 28.5 Å². The molecule has 0 saturated carbocycles. The van der Waals surface area contributed by atoms with E-state index < -0.39 is 10.0 Å². The average Bonchev–Trinajstić information content (AvgIpc) is 3.09. The second-order valence-electron chi connectivity index (χ2n) is 6.74. The molecule has 1 aliphatic rings. The minimum absolute atomic E-state index is 0.150. The maximum atomic E-state index is 13.3. The van der Waals surface area contributed by atoms with Crippen molar-refractivity contribution < 1.29 is 17.9 Å². The van der Waals surface area contributed by atoms with E-state index in [4.69, 9.17) is 4.74 Å². The Morgan fingerprint density at radius 2 is 1.74 bits per heavy atom. The fraction of sp³-hybridized carbons (Fsp3) is 0.421. The quantitative estimate of drug-likeness (QED) is 0.780. The van der Waals surface area contributed by atoms with Crippen LogP contribution >= 0.6 is 11.3 Å². The van der Waals surface area contributed by atoms with E-state index in [0.717, 1.165) is 5.56 Å². The number of aryl methyl sites for hydroxylation is 3. The SMILES string of the molecule is Cc1cc(C)c(S(=O)(=O)N(C)c2ccsc2C(=O)N2CCOCC2)c(C)c1. The number of thiophene rings is 1. The second kappa shape index (κ2) is 7.61. The Morgan fingerprint density at radius 1 is 1.15 bits per heavy atom. The molecule has 1 saturated heterocycles. The van der Waals surface area contributed by atoms with E-state index in [2.05, 4.69) is 0 Å². The van der Waals surface area contributed by atoms with Gasteiger partial charge in [0.15, 0.2) is 0 Å². The highest BCUT2D eigenvalue weighted by molar-refractivity contribution is 7.93. The molecule has 1 fully saturated rings. The second-order valence-corrected chi connectivity index (χ2v) is 9.56. The number of hydrogen-bond acceptors (Lipinski definition) is 5. The summed E-state index contributed by atoms with van der Waals surface area (Å²) in [6.45, 7) is 7.58. The molecule has 2 heterocycles. The number of ether oxygens (including phenoxy) is 1. The van der Waals surface area contributed by atoms with Crippen molar-refractivity contribution in [1.29, 1.82) is 0 Å². The highest BCUT2D eigenvalue weighted by Gasteiger charge is 2.30. The van der Waals surface area contributed by atoms with Crippen LogP contribution in [0.1, 0.15) is 26.4 Å². The van der Waals surface area contributed by atoms with Gasteiger partial charge in [-0.1, -0.05) is 17.7 Å². The standard InChI is InChI=1S/C19H24N2O4S2/c1-13-11-14(2)18(15(3)12-13)27(23,24)20(4)16-5-10-26-17(16)19(22)21-6-8-25-9-7-21/h5,10-12H,6-9H2,1-4H3. The molecule has 8 heteroatoms. The van der Waals surface area contributed by atoms with Crippen molar-refractivity contribution in [3.05, 3.63) is 45.1 Å². The van der Waals surface area contributed by atoms with Gasteiger partial charge in [-0.25, -0.2) is 8.42 Å². The third-order valence-electron chi connectivity index (χ3n) is 4.70. The molecule has 0 atom stereocenters. The first kappa shape index (κ1) is 19.9. The van der Waals surface area contributed by atoms with E-state index in [1.54, 1.807) is 30.2 Å². The highest BCUT2D eigenvalue weighted by Crippen LogP contribution is 2.33. The molecule has 3 rings (SSSR count). The van der Waals surface area contributed by atoms with Crippen molar-refractivity contribution in [3.8, 4) is 0 Å². The molecule has 0 bridgehead atoms. The van der Waals surface area contributed by atoms with E-state index in [1.807, 2.05) is 19.1 Å². The number of sulfonamides is 1. The zero-order chi connectivity index (χ0) is 19.8. The maximum absolute atomic E-state index is 13.3. The Bertz CT molecular complexity index is 937. The summed E-state index contributed by atoms with van der Waals surface area (Å²) in [7, 11) is -2.28. The molecule has 146 valence electrons. The van der Waals surface area contributed by atoms with Gasteiger partial charge >= 0.3 is 0 Å². The van der Waals surface area contributed by atoms with Crippen molar-refractivity contribution in [2.75, 3.05) is 37.7 Å². The van der Waals surface area contributed by atoms with Crippen LogP contribution in [0.25, 0.3) is 0 Å². The summed E-state index contributed by atoms with van der Waals surface area (Å²) in [6.07, 6.45) is 0. The van der Waals surface area contributed by atoms with Crippen molar-refractivity contribution >= 4 is 33.0 Å². The maximum Gasteiger partial charge on any atom is 0.266 e.